The number of sulfonamides is 1. The summed E-state index contributed by atoms with van der Waals surface area (Å²) in [7, 11) is -3.66. The van der Waals surface area contributed by atoms with Crippen LogP contribution in [-0.4, -0.2) is 24.3 Å². The summed E-state index contributed by atoms with van der Waals surface area (Å²) in [5, 5.41) is 1.73. The van der Waals surface area contributed by atoms with Crippen LogP contribution in [0.1, 0.15) is 18.9 Å². The Balaban J connectivity index is 1.98. The Labute approximate surface area is 163 Å². The van der Waals surface area contributed by atoms with Crippen LogP contribution in [0.2, 0.25) is 10.2 Å². The van der Waals surface area contributed by atoms with Crippen LogP contribution >= 0.6 is 23.2 Å². The molecule has 0 radical (unpaired) electrons. The summed E-state index contributed by atoms with van der Waals surface area (Å²) in [5.41, 5.74) is 1.46. The van der Waals surface area contributed by atoms with Gasteiger partial charge in [-0.1, -0.05) is 48.3 Å². The summed E-state index contributed by atoms with van der Waals surface area (Å²) in [5.74, 6) is 0. The third-order valence-electron chi connectivity index (χ3n) is 4.02. The molecule has 0 saturated carbocycles. The van der Waals surface area contributed by atoms with Crippen molar-refractivity contribution in [1.29, 1.82) is 0 Å². The molecule has 0 spiro atoms. The van der Waals surface area contributed by atoms with Crippen LogP contribution in [0.5, 0.6) is 0 Å². The number of benzene rings is 2. The third-order valence-corrected chi connectivity index (χ3v) is 6.46. The molecule has 3 aromatic rings. The van der Waals surface area contributed by atoms with Gasteiger partial charge in [0.1, 0.15) is 5.15 Å². The molecule has 136 valence electrons. The van der Waals surface area contributed by atoms with Crippen LogP contribution in [0.3, 0.4) is 0 Å². The van der Waals surface area contributed by atoms with Gasteiger partial charge in [-0.15, -0.1) is 0 Å². The summed E-state index contributed by atoms with van der Waals surface area (Å²) < 4.78 is 27.5. The number of hydrogen-bond donors (Lipinski definition) is 0. The van der Waals surface area contributed by atoms with E-state index < -0.39 is 10.0 Å². The molecule has 0 bridgehead atoms. The van der Waals surface area contributed by atoms with Crippen LogP contribution in [0.4, 0.5) is 0 Å². The summed E-state index contributed by atoms with van der Waals surface area (Å²) in [6.07, 6.45) is 0.686. The number of para-hydroxylation sites is 1. The lowest BCUT2D eigenvalue weighted by Crippen LogP contribution is -2.31. The van der Waals surface area contributed by atoms with Crippen molar-refractivity contribution in [2.45, 2.75) is 24.8 Å². The first kappa shape index (κ1) is 19.1. The molecule has 0 N–H and O–H groups in total. The molecular formula is C19H18Cl2N2O2S. The Morgan fingerprint density at radius 2 is 1.73 bits per heavy atom. The maximum Gasteiger partial charge on any atom is 0.243 e. The molecule has 3 rings (SSSR count). The fraction of sp³-hybridized carbons (Fsp3) is 0.211. The number of aromatic nitrogens is 1. The molecule has 0 fully saturated rings. The molecule has 0 aliphatic carbocycles. The van der Waals surface area contributed by atoms with Gasteiger partial charge in [0, 0.05) is 29.1 Å². The van der Waals surface area contributed by atoms with Gasteiger partial charge in [0.15, 0.2) is 0 Å². The quantitative estimate of drug-likeness (QED) is 0.530. The molecule has 2 aromatic carbocycles. The van der Waals surface area contributed by atoms with Crippen molar-refractivity contribution in [3.05, 3.63) is 70.3 Å². The molecule has 4 nitrogen and oxygen atoms in total. The van der Waals surface area contributed by atoms with Crippen LogP contribution in [0, 0.1) is 0 Å². The first-order chi connectivity index (χ1) is 12.4. The van der Waals surface area contributed by atoms with E-state index in [1.807, 2.05) is 37.3 Å². The van der Waals surface area contributed by atoms with E-state index in [0.29, 0.717) is 28.7 Å². The predicted octanol–water partition coefficient (Wildman–Crippen LogP) is 5.14. The maximum atomic E-state index is 13.0. The van der Waals surface area contributed by atoms with E-state index in [0.717, 1.165) is 10.9 Å². The van der Waals surface area contributed by atoms with E-state index >= 15 is 0 Å². The van der Waals surface area contributed by atoms with Crippen molar-refractivity contribution in [1.82, 2.24) is 9.29 Å². The van der Waals surface area contributed by atoms with Gasteiger partial charge >= 0.3 is 0 Å². The SMILES string of the molecule is CCCN(Cc1cc2ccccc2nc1Cl)S(=O)(=O)c1ccc(Cl)cc1. The van der Waals surface area contributed by atoms with Crippen molar-refractivity contribution in [3.63, 3.8) is 0 Å². The largest absolute Gasteiger partial charge is 0.243 e. The highest BCUT2D eigenvalue weighted by Crippen LogP contribution is 2.25. The summed E-state index contributed by atoms with van der Waals surface area (Å²) in [6, 6.07) is 15.7. The van der Waals surface area contributed by atoms with Gasteiger partial charge in [-0.2, -0.15) is 4.31 Å². The van der Waals surface area contributed by atoms with Gasteiger partial charge in [-0.3, -0.25) is 0 Å². The molecule has 0 unspecified atom stereocenters. The molecule has 0 saturated heterocycles. The average molecular weight is 409 g/mol. The minimum absolute atomic E-state index is 0.162. The van der Waals surface area contributed by atoms with Gasteiger partial charge in [-0.25, -0.2) is 13.4 Å². The fourth-order valence-electron chi connectivity index (χ4n) is 2.73. The fourth-order valence-corrected chi connectivity index (χ4v) is 4.57. The minimum Gasteiger partial charge on any atom is -0.236 e. The first-order valence-electron chi connectivity index (χ1n) is 8.21. The lowest BCUT2D eigenvalue weighted by Gasteiger charge is -2.22. The Hall–Kier alpha value is -1.66. The van der Waals surface area contributed by atoms with E-state index in [9.17, 15) is 8.42 Å². The smallest absolute Gasteiger partial charge is 0.236 e. The molecule has 1 heterocycles. The highest BCUT2D eigenvalue weighted by atomic mass is 35.5. The number of nitrogens with zero attached hydrogens (tertiary/aromatic N) is 2. The van der Waals surface area contributed by atoms with E-state index in [2.05, 4.69) is 4.98 Å². The van der Waals surface area contributed by atoms with Crippen LogP contribution < -0.4 is 0 Å². The molecule has 0 atom stereocenters. The number of halogens is 2. The standard InChI is InChI=1S/C19H18Cl2N2O2S/c1-2-11-23(26(24,25)17-9-7-16(20)8-10-17)13-15-12-14-5-3-4-6-18(14)22-19(15)21/h3-10,12H,2,11,13H2,1H3. The van der Waals surface area contributed by atoms with Crippen molar-refractivity contribution < 1.29 is 8.42 Å². The lowest BCUT2D eigenvalue weighted by atomic mass is 10.1. The maximum absolute atomic E-state index is 13.0. The second kappa shape index (κ2) is 7.92. The average Bonchev–Trinajstić information content (AvgIpc) is 2.62. The normalized spacial score (nSPS) is 12.0. The Morgan fingerprint density at radius 1 is 1.04 bits per heavy atom. The van der Waals surface area contributed by atoms with E-state index in [1.165, 1.54) is 16.4 Å². The highest BCUT2D eigenvalue weighted by molar-refractivity contribution is 7.89. The zero-order valence-corrected chi connectivity index (χ0v) is 16.5. The second-order valence-electron chi connectivity index (χ2n) is 5.92. The summed E-state index contributed by atoms with van der Waals surface area (Å²) in [4.78, 5) is 4.59. The molecule has 0 aliphatic heterocycles. The molecule has 7 heteroatoms. The number of rotatable bonds is 6. The van der Waals surface area contributed by atoms with Crippen molar-refractivity contribution >= 4 is 44.1 Å². The highest BCUT2D eigenvalue weighted by Gasteiger charge is 2.25. The summed E-state index contributed by atoms with van der Waals surface area (Å²) >= 11 is 12.2. The Morgan fingerprint density at radius 3 is 2.42 bits per heavy atom. The summed E-state index contributed by atoms with van der Waals surface area (Å²) in [6.45, 7) is 2.48. The van der Waals surface area contributed by atoms with Gasteiger partial charge in [0.2, 0.25) is 10.0 Å². The number of fused-ring (bicyclic) bond motifs is 1. The first-order valence-corrected chi connectivity index (χ1v) is 10.4. The van der Waals surface area contributed by atoms with Gasteiger partial charge in [0.25, 0.3) is 0 Å². The van der Waals surface area contributed by atoms with E-state index in [4.69, 9.17) is 23.2 Å². The second-order valence-corrected chi connectivity index (χ2v) is 8.66. The van der Waals surface area contributed by atoms with Gasteiger partial charge in [-0.05, 0) is 42.8 Å². The van der Waals surface area contributed by atoms with Crippen molar-refractivity contribution in [2.75, 3.05) is 6.54 Å². The number of hydrogen-bond acceptors (Lipinski definition) is 3. The van der Waals surface area contributed by atoms with Crippen LogP contribution in [0.25, 0.3) is 10.9 Å². The minimum atomic E-state index is -3.66. The lowest BCUT2D eigenvalue weighted by molar-refractivity contribution is 0.405. The molecule has 1 aromatic heterocycles. The molecule has 0 amide bonds. The Kier molecular flexibility index (Phi) is 5.82. The topological polar surface area (TPSA) is 50.3 Å². The zero-order chi connectivity index (χ0) is 18.7. The van der Waals surface area contributed by atoms with Crippen molar-refractivity contribution in [2.24, 2.45) is 0 Å². The zero-order valence-electron chi connectivity index (χ0n) is 14.2. The molecule has 26 heavy (non-hydrogen) atoms. The molecular weight excluding hydrogens is 391 g/mol. The van der Waals surface area contributed by atoms with Crippen LogP contribution in [-0.2, 0) is 16.6 Å². The van der Waals surface area contributed by atoms with Crippen LogP contribution in [0.15, 0.2) is 59.5 Å². The van der Waals surface area contributed by atoms with Crippen molar-refractivity contribution in [3.8, 4) is 0 Å². The number of pyridine rings is 1. The van der Waals surface area contributed by atoms with E-state index in [1.54, 1.807) is 12.1 Å². The van der Waals surface area contributed by atoms with Gasteiger partial charge < -0.3 is 0 Å². The van der Waals surface area contributed by atoms with E-state index in [-0.39, 0.29) is 11.4 Å². The monoisotopic (exact) mass is 408 g/mol. The van der Waals surface area contributed by atoms with Gasteiger partial charge in [0.05, 0.1) is 10.4 Å². The third kappa shape index (κ3) is 4.01. The Bertz CT molecular complexity index is 1020. The molecule has 0 aliphatic rings. The predicted molar refractivity (Wildman–Crippen MR) is 106 cm³/mol.